The molecule has 0 bridgehead atoms. The van der Waals surface area contributed by atoms with Crippen molar-refractivity contribution in [2.24, 2.45) is 17.1 Å². The summed E-state index contributed by atoms with van der Waals surface area (Å²) < 4.78 is 0. The van der Waals surface area contributed by atoms with Crippen molar-refractivity contribution in [1.29, 1.82) is 0 Å². The third kappa shape index (κ3) is 4.82. The van der Waals surface area contributed by atoms with Gasteiger partial charge in [-0.1, -0.05) is 12.8 Å². The van der Waals surface area contributed by atoms with E-state index in [9.17, 15) is 9.59 Å². The van der Waals surface area contributed by atoms with Crippen LogP contribution in [0.4, 0.5) is 0 Å². The quantitative estimate of drug-likeness (QED) is 0.689. The zero-order valence-electron chi connectivity index (χ0n) is 12.3. The number of hydrogen-bond donors (Lipinski definition) is 3. The fourth-order valence-corrected chi connectivity index (χ4v) is 2.54. The number of amides is 2. The Morgan fingerprint density at radius 3 is 2.47 bits per heavy atom. The van der Waals surface area contributed by atoms with Gasteiger partial charge in [-0.15, -0.1) is 0 Å². The summed E-state index contributed by atoms with van der Waals surface area (Å²) in [7, 11) is 1.60. The Kier molecular flexibility index (Phi) is 5.79. The first kappa shape index (κ1) is 16.0. The van der Waals surface area contributed by atoms with Crippen molar-refractivity contribution in [3.05, 3.63) is 0 Å². The summed E-state index contributed by atoms with van der Waals surface area (Å²) in [4.78, 5) is 23.5. The minimum Gasteiger partial charge on any atom is -0.359 e. The van der Waals surface area contributed by atoms with Gasteiger partial charge in [0.2, 0.25) is 11.8 Å². The van der Waals surface area contributed by atoms with Crippen molar-refractivity contribution >= 4 is 11.8 Å². The Hall–Kier alpha value is -1.10. The maximum Gasteiger partial charge on any atom is 0.227 e. The summed E-state index contributed by atoms with van der Waals surface area (Å²) >= 11 is 0. The standard InChI is InChI=1S/C14H27N3O2/c1-14(2,13(19)16-3)9-17-12(18)8-10-6-4-5-7-11(10)15/h10-11H,4-9,15H2,1-3H3,(H,16,19)(H,17,18). The van der Waals surface area contributed by atoms with E-state index in [1.165, 1.54) is 6.42 Å². The third-order valence-corrected chi connectivity index (χ3v) is 3.98. The molecule has 110 valence electrons. The van der Waals surface area contributed by atoms with E-state index in [2.05, 4.69) is 10.6 Å². The molecule has 2 amide bonds. The number of nitrogens with two attached hydrogens (primary N) is 1. The van der Waals surface area contributed by atoms with Gasteiger partial charge in [0.1, 0.15) is 0 Å². The van der Waals surface area contributed by atoms with E-state index >= 15 is 0 Å². The van der Waals surface area contributed by atoms with Gasteiger partial charge in [-0.05, 0) is 32.6 Å². The zero-order valence-corrected chi connectivity index (χ0v) is 12.3. The van der Waals surface area contributed by atoms with Crippen molar-refractivity contribution in [1.82, 2.24) is 10.6 Å². The van der Waals surface area contributed by atoms with Crippen LogP contribution >= 0.6 is 0 Å². The number of hydrogen-bond acceptors (Lipinski definition) is 3. The lowest BCUT2D eigenvalue weighted by Gasteiger charge is -2.29. The Bertz CT molecular complexity index is 329. The maximum absolute atomic E-state index is 11.9. The number of carbonyl (C=O) groups is 2. The summed E-state index contributed by atoms with van der Waals surface area (Å²) in [5, 5.41) is 5.46. The van der Waals surface area contributed by atoms with Crippen LogP contribution in [0.5, 0.6) is 0 Å². The monoisotopic (exact) mass is 269 g/mol. The summed E-state index contributed by atoms with van der Waals surface area (Å²) in [6.07, 6.45) is 4.86. The molecule has 2 unspecified atom stereocenters. The van der Waals surface area contributed by atoms with E-state index in [1.807, 2.05) is 13.8 Å². The fraction of sp³-hybridized carbons (Fsp3) is 0.857. The van der Waals surface area contributed by atoms with Gasteiger partial charge in [0.25, 0.3) is 0 Å². The van der Waals surface area contributed by atoms with E-state index in [-0.39, 0.29) is 23.8 Å². The second kappa shape index (κ2) is 6.89. The Morgan fingerprint density at radius 2 is 1.89 bits per heavy atom. The minimum absolute atomic E-state index is 0.000622. The van der Waals surface area contributed by atoms with Gasteiger partial charge in [-0.25, -0.2) is 0 Å². The minimum atomic E-state index is -0.584. The molecular formula is C14H27N3O2. The van der Waals surface area contributed by atoms with Gasteiger partial charge in [0.05, 0.1) is 5.41 Å². The molecule has 1 fully saturated rings. The SMILES string of the molecule is CNC(=O)C(C)(C)CNC(=O)CC1CCCCC1N. The summed E-state index contributed by atoms with van der Waals surface area (Å²) in [5.41, 5.74) is 5.45. The molecule has 5 nitrogen and oxygen atoms in total. The lowest BCUT2D eigenvalue weighted by molar-refractivity contribution is -0.129. The molecule has 0 aromatic carbocycles. The maximum atomic E-state index is 11.9. The third-order valence-electron chi connectivity index (χ3n) is 3.98. The van der Waals surface area contributed by atoms with E-state index in [1.54, 1.807) is 7.05 Å². The normalized spacial score (nSPS) is 23.8. The largest absolute Gasteiger partial charge is 0.359 e. The molecule has 0 heterocycles. The number of carbonyl (C=O) groups excluding carboxylic acids is 2. The molecule has 1 aliphatic carbocycles. The van der Waals surface area contributed by atoms with Gasteiger partial charge >= 0.3 is 0 Å². The molecule has 0 spiro atoms. The Labute approximate surface area is 115 Å². The van der Waals surface area contributed by atoms with Crippen molar-refractivity contribution < 1.29 is 9.59 Å². The molecule has 0 saturated heterocycles. The molecule has 0 aliphatic heterocycles. The first-order valence-corrected chi connectivity index (χ1v) is 7.11. The van der Waals surface area contributed by atoms with Crippen LogP contribution in [-0.2, 0) is 9.59 Å². The van der Waals surface area contributed by atoms with Gasteiger partial charge in [0.15, 0.2) is 0 Å². The topological polar surface area (TPSA) is 84.2 Å². The second-order valence-electron chi connectivity index (χ2n) is 6.15. The highest BCUT2D eigenvalue weighted by molar-refractivity contribution is 5.83. The van der Waals surface area contributed by atoms with E-state index in [0.717, 1.165) is 19.3 Å². The highest BCUT2D eigenvalue weighted by atomic mass is 16.2. The molecule has 0 radical (unpaired) electrons. The van der Waals surface area contributed by atoms with E-state index in [4.69, 9.17) is 5.73 Å². The van der Waals surface area contributed by atoms with Crippen molar-refractivity contribution in [3.8, 4) is 0 Å². The molecule has 1 aliphatic rings. The van der Waals surface area contributed by atoms with Crippen LogP contribution in [0.25, 0.3) is 0 Å². The second-order valence-corrected chi connectivity index (χ2v) is 6.15. The first-order chi connectivity index (χ1) is 8.86. The fourth-order valence-electron chi connectivity index (χ4n) is 2.54. The van der Waals surface area contributed by atoms with Gasteiger partial charge in [0, 0.05) is 26.1 Å². The van der Waals surface area contributed by atoms with Crippen molar-refractivity contribution in [2.45, 2.75) is 52.0 Å². The van der Waals surface area contributed by atoms with Crippen LogP contribution in [0, 0.1) is 11.3 Å². The van der Waals surface area contributed by atoms with Crippen LogP contribution in [0.15, 0.2) is 0 Å². The van der Waals surface area contributed by atoms with Crippen LogP contribution < -0.4 is 16.4 Å². The molecule has 5 heteroatoms. The Morgan fingerprint density at radius 1 is 1.26 bits per heavy atom. The zero-order chi connectivity index (χ0) is 14.5. The highest BCUT2D eigenvalue weighted by Crippen LogP contribution is 2.25. The molecule has 19 heavy (non-hydrogen) atoms. The van der Waals surface area contributed by atoms with Crippen LogP contribution in [0.3, 0.4) is 0 Å². The van der Waals surface area contributed by atoms with Gasteiger partial charge in [-0.3, -0.25) is 9.59 Å². The van der Waals surface area contributed by atoms with Crippen LogP contribution in [0.2, 0.25) is 0 Å². The molecule has 1 rings (SSSR count). The molecule has 0 aromatic rings. The summed E-state index contributed by atoms with van der Waals surface area (Å²) in [5.74, 6) is 0.221. The molecule has 4 N–H and O–H groups in total. The Balaban J connectivity index is 2.37. The van der Waals surface area contributed by atoms with E-state index in [0.29, 0.717) is 13.0 Å². The molecule has 0 aromatic heterocycles. The predicted octanol–water partition coefficient (Wildman–Crippen LogP) is 0.782. The number of nitrogens with one attached hydrogen (secondary N) is 2. The lowest BCUT2D eigenvalue weighted by Crippen LogP contribution is -2.45. The molecular weight excluding hydrogens is 242 g/mol. The smallest absolute Gasteiger partial charge is 0.227 e. The van der Waals surface area contributed by atoms with Gasteiger partial charge in [-0.2, -0.15) is 0 Å². The van der Waals surface area contributed by atoms with Gasteiger partial charge < -0.3 is 16.4 Å². The molecule has 2 atom stereocenters. The predicted molar refractivity (Wildman–Crippen MR) is 75.4 cm³/mol. The first-order valence-electron chi connectivity index (χ1n) is 7.11. The van der Waals surface area contributed by atoms with Crippen LogP contribution in [0.1, 0.15) is 46.0 Å². The van der Waals surface area contributed by atoms with E-state index < -0.39 is 5.41 Å². The van der Waals surface area contributed by atoms with Crippen molar-refractivity contribution in [3.63, 3.8) is 0 Å². The average Bonchev–Trinajstić information content (AvgIpc) is 2.38. The lowest BCUT2D eigenvalue weighted by atomic mass is 9.82. The number of rotatable bonds is 5. The summed E-state index contributed by atoms with van der Waals surface area (Å²) in [6, 6.07) is 0.145. The average molecular weight is 269 g/mol. The van der Waals surface area contributed by atoms with Crippen LogP contribution in [-0.4, -0.2) is 31.4 Å². The van der Waals surface area contributed by atoms with Crippen molar-refractivity contribution in [2.75, 3.05) is 13.6 Å². The summed E-state index contributed by atoms with van der Waals surface area (Å²) in [6.45, 7) is 3.99. The highest BCUT2D eigenvalue weighted by Gasteiger charge is 2.28. The molecule has 1 saturated carbocycles.